The molecule has 1 amide bonds. The van der Waals surface area contributed by atoms with Gasteiger partial charge in [-0.1, -0.05) is 43.5 Å². The molecule has 1 aliphatic carbocycles. The van der Waals surface area contributed by atoms with E-state index < -0.39 is 0 Å². The van der Waals surface area contributed by atoms with Crippen LogP contribution >= 0.6 is 22.7 Å². The van der Waals surface area contributed by atoms with E-state index in [2.05, 4.69) is 28.3 Å². The fourth-order valence-electron chi connectivity index (χ4n) is 4.74. The van der Waals surface area contributed by atoms with Crippen molar-refractivity contribution in [3.8, 4) is 10.4 Å². The average Bonchev–Trinajstić information content (AvgIpc) is 3.53. The second-order valence-corrected chi connectivity index (χ2v) is 10.7. The van der Waals surface area contributed by atoms with Crippen molar-refractivity contribution in [3.63, 3.8) is 0 Å². The maximum absolute atomic E-state index is 13.2. The number of aromatic nitrogens is 2. The predicted octanol–water partition coefficient (Wildman–Crippen LogP) is 5.59. The van der Waals surface area contributed by atoms with Crippen LogP contribution < -0.4 is 10.9 Å². The van der Waals surface area contributed by atoms with E-state index >= 15 is 0 Å². The highest BCUT2D eigenvalue weighted by Crippen LogP contribution is 2.33. The van der Waals surface area contributed by atoms with E-state index in [0.717, 1.165) is 28.2 Å². The first-order chi connectivity index (χ1) is 16.6. The van der Waals surface area contributed by atoms with Crippen molar-refractivity contribution in [2.45, 2.75) is 51.2 Å². The molecular formula is C26H28N4O2S2. The second-order valence-electron chi connectivity index (χ2n) is 8.90. The van der Waals surface area contributed by atoms with Crippen molar-refractivity contribution < 1.29 is 4.79 Å². The van der Waals surface area contributed by atoms with Crippen molar-refractivity contribution in [3.05, 3.63) is 69.4 Å². The number of fused-ring (bicyclic) bond motifs is 1. The first kappa shape index (κ1) is 23.0. The SMILES string of the molecule is CN(Cc1ccccc1NC(=O)Cn1cnc2scc(-c3cccs3)c2c1=O)C1CCCCC1. The van der Waals surface area contributed by atoms with Crippen LogP contribution in [-0.2, 0) is 17.9 Å². The van der Waals surface area contributed by atoms with Crippen molar-refractivity contribution in [2.24, 2.45) is 0 Å². The Labute approximate surface area is 206 Å². The third-order valence-corrected chi connectivity index (χ3v) is 8.36. The Balaban J connectivity index is 1.33. The minimum absolute atomic E-state index is 0.0751. The quantitative estimate of drug-likeness (QED) is 0.365. The number of hydrogen-bond donors (Lipinski definition) is 1. The largest absolute Gasteiger partial charge is 0.324 e. The molecule has 0 atom stereocenters. The fraction of sp³-hybridized carbons (Fsp3) is 0.346. The molecule has 3 aromatic heterocycles. The van der Waals surface area contributed by atoms with Gasteiger partial charge >= 0.3 is 0 Å². The summed E-state index contributed by atoms with van der Waals surface area (Å²) in [6, 6.07) is 12.5. The molecule has 1 saturated carbocycles. The highest BCUT2D eigenvalue weighted by atomic mass is 32.1. The monoisotopic (exact) mass is 492 g/mol. The van der Waals surface area contributed by atoms with Crippen LogP contribution in [-0.4, -0.2) is 33.4 Å². The molecule has 3 heterocycles. The smallest absolute Gasteiger partial charge is 0.263 e. The molecule has 34 heavy (non-hydrogen) atoms. The molecule has 0 radical (unpaired) electrons. The number of anilines is 1. The lowest BCUT2D eigenvalue weighted by molar-refractivity contribution is -0.116. The van der Waals surface area contributed by atoms with Gasteiger partial charge in [0.2, 0.25) is 5.91 Å². The summed E-state index contributed by atoms with van der Waals surface area (Å²) in [5.74, 6) is -0.232. The molecule has 1 fully saturated rings. The van der Waals surface area contributed by atoms with Gasteiger partial charge in [-0.25, -0.2) is 4.98 Å². The Morgan fingerprint density at radius 3 is 2.76 bits per heavy atom. The first-order valence-corrected chi connectivity index (χ1v) is 13.4. The Morgan fingerprint density at radius 2 is 1.97 bits per heavy atom. The number of amides is 1. The molecular weight excluding hydrogens is 464 g/mol. The van der Waals surface area contributed by atoms with Gasteiger partial charge in [0.1, 0.15) is 11.4 Å². The van der Waals surface area contributed by atoms with Crippen molar-refractivity contribution in [2.75, 3.05) is 12.4 Å². The number of carbonyl (C=O) groups is 1. The summed E-state index contributed by atoms with van der Waals surface area (Å²) in [6.07, 6.45) is 7.86. The maximum atomic E-state index is 13.2. The molecule has 0 saturated heterocycles. The number of thiophene rings is 2. The van der Waals surface area contributed by atoms with E-state index in [0.29, 0.717) is 16.3 Å². The van der Waals surface area contributed by atoms with Crippen LogP contribution in [0.4, 0.5) is 5.69 Å². The maximum Gasteiger partial charge on any atom is 0.263 e. The zero-order valence-electron chi connectivity index (χ0n) is 19.2. The van der Waals surface area contributed by atoms with Crippen LogP contribution in [0.2, 0.25) is 0 Å². The molecule has 0 aliphatic heterocycles. The van der Waals surface area contributed by atoms with Gasteiger partial charge in [0.25, 0.3) is 5.56 Å². The molecule has 6 nitrogen and oxygen atoms in total. The number of hydrogen-bond acceptors (Lipinski definition) is 6. The van der Waals surface area contributed by atoms with Crippen molar-refractivity contribution in [1.29, 1.82) is 0 Å². The van der Waals surface area contributed by atoms with Gasteiger partial charge in [0.05, 0.1) is 11.7 Å². The lowest BCUT2D eigenvalue weighted by atomic mass is 9.94. The average molecular weight is 493 g/mol. The normalized spacial score (nSPS) is 14.6. The number of nitrogens with zero attached hydrogens (tertiary/aromatic N) is 3. The number of benzene rings is 1. The van der Waals surface area contributed by atoms with Crippen LogP contribution in [0.3, 0.4) is 0 Å². The molecule has 0 spiro atoms. The topological polar surface area (TPSA) is 67.2 Å². The van der Waals surface area contributed by atoms with Crippen LogP contribution in [0.15, 0.2) is 58.3 Å². The minimum atomic E-state index is -0.232. The van der Waals surface area contributed by atoms with Crippen LogP contribution in [0, 0.1) is 0 Å². The lowest BCUT2D eigenvalue weighted by Crippen LogP contribution is -2.33. The molecule has 4 aromatic rings. The van der Waals surface area contributed by atoms with Crippen LogP contribution in [0.5, 0.6) is 0 Å². The van der Waals surface area contributed by atoms with E-state index in [1.165, 1.54) is 54.3 Å². The summed E-state index contributed by atoms with van der Waals surface area (Å²) in [7, 11) is 2.17. The van der Waals surface area contributed by atoms with E-state index in [9.17, 15) is 9.59 Å². The second kappa shape index (κ2) is 10.2. The number of para-hydroxylation sites is 1. The van der Waals surface area contributed by atoms with Gasteiger partial charge in [-0.15, -0.1) is 22.7 Å². The highest BCUT2D eigenvalue weighted by molar-refractivity contribution is 7.18. The Bertz CT molecular complexity index is 1340. The number of rotatable bonds is 7. The summed E-state index contributed by atoms with van der Waals surface area (Å²) in [4.78, 5) is 34.7. The van der Waals surface area contributed by atoms with Gasteiger partial charge < -0.3 is 5.32 Å². The molecule has 0 unspecified atom stereocenters. The molecule has 1 aliphatic rings. The molecule has 0 bridgehead atoms. The summed E-state index contributed by atoms with van der Waals surface area (Å²) in [5, 5.41) is 7.57. The third kappa shape index (κ3) is 4.85. The number of carbonyl (C=O) groups excluding carboxylic acids is 1. The number of nitrogens with one attached hydrogen (secondary N) is 1. The third-order valence-electron chi connectivity index (χ3n) is 6.57. The molecule has 5 rings (SSSR count). The van der Waals surface area contributed by atoms with Crippen LogP contribution in [0.1, 0.15) is 37.7 Å². The Morgan fingerprint density at radius 1 is 1.15 bits per heavy atom. The summed E-state index contributed by atoms with van der Waals surface area (Å²) in [6.45, 7) is 0.710. The molecule has 1 aromatic carbocycles. The van der Waals surface area contributed by atoms with E-state index in [4.69, 9.17) is 0 Å². The van der Waals surface area contributed by atoms with E-state index in [1.807, 2.05) is 41.1 Å². The standard InChI is InChI=1S/C26H28N4O2S2/c1-29(19-9-3-2-4-10-19)14-18-8-5-6-11-21(18)28-23(31)15-30-17-27-25-24(26(30)32)20(16-34-25)22-12-7-13-33-22/h5-8,11-13,16-17,19H,2-4,9-10,14-15H2,1H3,(H,28,31). The van der Waals surface area contributed by atoms with Crippen molar-refractivity contribution in [1.82, 2.24) is 14.5 Å². The van der Waals surface area contributed by atoms with E-state index in [-0.39, 0.29) is 18.0 Å². The summed E-state index contributed by atoms with van der Waals surface area (Å²) < 4.78 is 1.40. The molecule has 176 valence electrons. The Hall–Kier alpha value is -2.81. The van der Waals surface area contributed by atoms with Gasteiger partial charge in [0.15, 0.2) is 0 Å². The van der Waals surface area contributed by atoms with E-state index in [1.54, 1.807) is 11.3 Å². The Kier molecular flexibility index (Phi) is 6.89. The zero-order chi connectivity index (χ0) is 23.5. The predicted molar refractivity (Wildman–Crippen MR) is 141 cm³/mol. The molecule has 8 heteroatoms. The van der Waals surface area contributed by atoms with Gasteiger partial charge in [-0.3, -0.25) is 19.1 Å². The highest BCUT2D eigenvalue weighted by Gasteiger charge is 2.20. The first-order valence-electron chi connectivity index (χ1n) is 11.7. The van der Waals surface area contributed by atoms with Crippen molar-refractivity contribution >= 4 is 44.5 Å². The summed E-state index contributed by atoms with van der Waals surface area (Å²) in [5.41, 5.74) is 2.59. The van der Waals surface area contributed by atoms with Gasteiger partial charge in [-0.05, 0) is 43.0 Å². The summed E-state index contributed by atoms with van der Waals surface area (Å²) >= 11 is 3.04. The van der Waals surface area contributed by atoms with Crippen LogP contribution in [0.25, 0.3) is 20.7 Å². The van der Waals surface area contributed by atoms with Gasteiger partial charge in [-0.2, -0.15) is 0 Å². The zero-order valence-corrected chi connectivity index (χ0v) is 20.8. The lowest BCUT2D eigenvalue weighted by Gasteiger charge is -2.31. The fourth-order valence-corrected chi connectivity index (χ4v) is 6.46. The minimum Gasteiger partial charge on any atom is -0.324 e. The molecule has 1 N–H and O–H groups in total. The van der Waals surface area contributed by atoms with Gasteiger partial charge in [0, 0.05) is 34.1 Å².